The van der Waals surface area contributed by atoms with Crippen molar-refractivity contribution < 1.29 is 24.3 Å². The van der Waals surface area contributed by atoms with Gasteiger partial charge in [0.25, 0.3) is 0 Å². The van der Waals surface area contributed by atoms with Crippen LogP contribution in [0.15, 0.2) is 16.6 Å². The van der Waals surface area contributed by atoms with Crippen LogP contribution in [0.4, 0.5) is 4.39 Å². The second-order valence-electron chi connectivity index (χ2n) is 2.54. The van der Waals surface area contributed by atoms with E-state index in [2.05, 4.69) is 15.9 Å². The van der Waals surface area contributed by atoms with Crippen molar-refractivity contribution >= 4 is 34.5 Å². The lowest BCUT2D eigenvalue weighted by molar-refractivity contribution is 0.0697. The van der Waals surface area contributed by atoms with E-state index in [4.69, 9.17) is 15.2 Å². The highest BCUT2D eigenvalue weighted by Crippen LogP contribution is 2.15. The van der Waals surface area contributed by atoms with Gasteiger partial charge in [-0.1, -0.05) is 0 Å². The molecule has 7 heteroatoms. The van der Waals surface area contributed by atoms with Crippen molar-refractivity contribution in [2.24, 2.45) is 0 Å². The maximum absolute atomic E-state index is 13.1. The van der Waals surface area contributed by atoms with E-state index in [0.29, 0.717) is 0 Å². The summed E-state index contributed by atoms with van der Waals surface area (Å²) in [5.41, 5.74) is -0.696. The first-order valence-corrected chi connectivity index (χ1v) is 4.31. The molecule has 0 spiro atoms. The monoisotopic (exact) mass is 262 g/mol. The van der Waals surface area contributed by atoms with Gasteiger partial charge in [-0.25, -0.2) is 9.18 Å². The Kier molecular flexibility index (Phi) is 3.25. The van der Waals surface area contributed by atoms with Gasteiger partial charge < -0.3 is 15.2 Å². The first-order chi connectivity index (χ1) is 6.43. The van der Waals surface area contributed by atoms with E-state index in [0.717, 1.165) is 12.1 Å². The lowest BCUT2D eigenvalue weighted by Crippen LogP contribution is -2.33. The molecule has 1 aromatic carbocycles. The van der Waals surface area contributed by atoms with E-state index in [1.165, 1.54) is 0 Å². The van der Waals surface area contributed by atoms with Crippen LogP contribution in [-0.4, -0.2) is 28.2 Å². The second kappa shape index (κ2) is 4.08. The molecule has 0 radical (unpaired) electrons. The van der Waals surface area contributed by atoms with Crippen molar-refractivity contribution in [2.75, 3.05) is 0 Å². The molecule has 3 N–H and O–H groups in total. The van der Waals surface area contributed by atoms with Gasteiger partial charge in [-0.3, -0.25) is 0 Å². The molecule has 1 aromatic rings. The van der Waals surface area contributed by atoms with Crippen molar-refractivity contribution in [3.8, 4) is 0 Å². The average Bonchev–Trinajstić information content (AvgIpc) is 2.08. The SMILES string of the molecule is O=C(O)c1cc(Br)c(F)c(B(O)O)c1. The molecule has 0 unspecified atom stereocenters. The van der Waals surface area contributed by atoms with Gasteiger partial charge in [0.05, 0.1) is 10.0 Å². The van der Waals surface area contributed by atoms with E-state index in [1.807, 2.05) is 0 Å². The van der Waals surface area contributed by atoms with Crippen molar-refractivity contribution in [1.82, 2.24) is 0 Å². The topological polar surface area (TPSA) is 77.8 Å². The van der Waals surface area contributed by atoms with Gasteiger partial charge >= 0.3 is 13.1 Å². The molecule has 0 saturated heterocycles. The summed E-state index contributed by atoms with van der Waals surface area (Å²) in [6, 6.07) is 1.91. The molecule has 0 aromatic heterocycles. The first-order valence-electron chi connectivity index (χ1n) is 3.52. The quantitative estimate of drug-likeness (QED) is 0.654. The van der Waals surface area contributed by atoms with Crippen molar-refractivity contribution in [1.29, 1.82) is 0 Å². The molecular formula is C7H5BBrFO4. The average molecular weight is 263 g/mol. The van der Waals surface area contributed by atoms with Crippen molar-refractivity contribution in [3.05, 3.63) is 28.0 Å². The molecule has 0 amide bonds. The third kappa shape index (κ3) is 2.12. The molecule has 0 atom stereocenters. The van der Waals surface area contributed by atoms with Crippen LogP contribution >= 0.6 is 15.9 Å². The van der Waals surface area contributed by atoms with Crippen LogP contribution in [0.5, 0.6) is 0 Å². The number of carboxylic acid groups (broad SMARTS) is 1. The molecular weight excluding hydrogens is 258 g/mol. The number of hydrogen-bond donors (Lipinski definition) is 3. The van der Waals surface area contributed by atoms with Crippen LogP contribution in [0, 0.1) is 5.82 Å². The van der Waals surface area contributed by atoms with Gasteiger partial charge in [0.1, 0.15) is 5.82 Å². The minimum Gasteiger partial charge on any atom is -0.478 e. The normalized spacial score (nSPS) is 10.0. The fourth-order valence-corrected chi connectivity index (χ4v) is 1.40. The molecule has 0 saturated carbocycles. The summed E-state index contributed by atoms with van der Waals surface area (Å²) in [6.45, 7) is 0. The number of rotatable bonds is 2. The molecule has 14 heavy (non-hydrogen) atoms. The second-order valence-corrected chi connectivity index (χ2v) is 3.39. The fraction of sp³-hybridized carbons (Fsp3) is 0. The van der Waals surface area contributed by atoms with Gasteiger partial charge in [-0.15, -0.1) is 0 Å². The number of halogens is 2. The predicted octanol–water partition coefficient (Wildman–Crippen LogP) is -0.0338. The molecule has 0 aliphatic rings. The molecule has 0 fully saturated rings. The molecule has 0 aliphatic heterocycles. The summed E-state index contributed by atoms with van der Waals surface area (Å²) in [7, 11) is -2.04. The third-order valence-electron chi connectivity index (χ3n) is 1.58. The molecule has 0 heterocycles. The standard InChI is InChI=1S/C7H5BBrFO4/c9-5-2-3(7(11)12)1-4(6(5)10)8(13)14/h1-2,13-14H,(H,11,12). The molecule has 74 valence electrons. The minimum absolute atomic E-state index is 0.125. The lowest BCUT2D eigenvalue weighted by atomic mass is 9.79. The number of carboxylic acids is 1. The third-order valence-corrected chi connectivity index (χ3v) is 2.16. The minimum atomic E-state index is -2.04. The Balaban J connectivity index is 3.35. The van der Waals surface area contributed by atoms with E-state index >= 15 is 0 Å². The zero-order chi connectivity index (χ0) is 10.9. The van der Waals surface area contributed by atoms with Crippen LogP contribution in [0.1, 0.15) is 10.4 Å². The van der Waals surface area contributed by atoms with Crippen LogP contribution in [0.25, 0.3) is 0 Å². The predicted molar refractivity (Wildman–Crippen MR) is 50.9 cm³/mol. The van der Waals surface area contributed by atoms with E-state index < -0.39 is 24.4 Å². The summed E-state index contributed by atoms with van der Waals surface area (Å²) in [5.74, 6) is -2.16. The highest BCUT2D eigenvalue weighted by molar-refractivity contribution is 9.10. The highest BCUT2D eigenvalue weighted by Gasteiger charge is 2.21. The maximum Gasteiger partial charge on any atom is 0.491 e. The molecule has 0 aliphatic carbocycles. The van der Waals surface area contributed by atoms with E-state index in [1.54, 1.807) is 0 Å². The Hall–Kier alpha value is -0.915. The van der Waals surface area contributed by atoms with Crippen LogP contribution in [0.2, 0.25) is 0 Å². The van der Waals surface area contributed by atoms with Gasteiger partial charge in [-0.05, 0) is 28.1 Å². The first kappa shape index (κ1) is 11.2. The summed E-state index contributed by atoms with van der Waals surface area (Å²) >= 11 is 2.77. The number of benzene rings is 1. The zero-order valence-electron chi connectivity index (χ0n) is 6.74. The smallest absolute Gasteiger partial charge is 0.478 e. The fourth-order valence-electron chi connectivity index (χ4n) is 0.922. The molecule has 0 bridgehead atoms. The van der Waals surface area contributed by atoms with Gasteiger partial charge in [0.15, 0.2) is 0 Å². The maximum atomic E-state index is 13.1. The zero-order valence-corrected chi connectivity index (χ0v) is 8.32. The van der Waals surface area contributed by atoms with Gasteiger partial charge in [-0.2, -0.15) is 0 Å². The number of carbonyl (C=O) groups is 1. The molecule has 4 nitrogen and oxygen atoms in total. The van der Waals surface area contributed by atoms with Gasteiger partial charge in [0.2, 0.25) is 0 Å². The Labute approximate surface area is 87.3 Å². The summed E-state index contributed by atoms with van der Waals surface area (Å²) in [6.07, 6.45) is 0. The summed E-state index contributed by atoms with van der Waals surface area (Å²) in [4.78, 5) is 10.5. The van der Waals surface area contributed by atoms with Crippen LogP contribution in [-0.2, 0) is 0 Å². The van der Waals surface area contributed by atoms with Crippen molar-refractivity contribution in [3.63, 3.8) is 0 Å². The van der Waals surface area contributed by atoms with E-state index in [-0.39, 0.29) is 10.0 Å². The van der Waals surface area contributed by atoms with Crippen LogP contribution < -0.4 is 5.46 Å². The van der Waals surface area contributed by atoms with Gasteiger partial charge in [0, 0.05) is 5.46 Å². The Bertz CT molecular complexity index is 382. The Morgan fingerprint density at radius 2 is 2.00 bits per heavy atom. The van der Waals surface area contributed by atoms with Crippen LogP contribution in [0.3, 0.4) is 0 Å². The van der Waals surface area contributed by atoms with E-state index in [9.17, 15) is 9.18 Å². The number of hydrogen-bond acceptors (Lipinski definition) is 3. The van der Waals surface area contributed by atoms with Crippen molar-refractivity contribution in [2.45, 2.75) is 0 Å². The lowest BCUT2D eigenvalue weighted by Gasteiger charge is -2.05. The highest BCUT2D eigenvalue weighted by atomic mass is 79.9. The number of aromatic carboxylic acids is 1. The Morgan fingerprint density at radius 1 is 1.43 bits per heavy atom. The molecule has 1 rings (SSSR count). The summed E-state index contributed by atoms with van der Waals surface area (Å²) < 4.78 is 13.0. The summed E-state index contributed by atoms with van der Waals surface area (Å²) in [5, 5.41) is 26.1. The largest absolute Gasteiger partial charge is 0.491 e. The Morgan fingerprint density at radius 3 is 2.43 bits per heavy atom.